The lowest BCUT2D eigenvalue weighted by Crippen LogP contribution is -2.16. The number of anilines is 1. The predicted molar refractivity (Wildman–Crippen MR) is 84.2 cm³/mol. The Labute approximate surface area is 125 Å². The topological polar surface area (TPSA) is 52.9 Å². The van der Waals surface area contributed by atoms with Crippen LogP contribution in [0, 0.1) is 11.3 Å². The number of carbonyl (C=O) groups is 1. The number of nitrogens with one attached hydrogen (secondary N) is 1. The molecule has 0 atom stereocenters. The lowest BCUT2D eigenvalue weighted by molar-refractivity contribution is -0.116. The highest BCUT2D eigenvalue weighted by Crippen LogP contribution is 2.15. The molecule has 3 nitrogen and oxygen atoms in total. The largest absolute Gasteiger partial charge is 0.378 e. The number of ketones is 1. The molecule has 0 unspecified atom stereocenters. The Kier molecular flexibility index (Phi) is 5.11. The van der Waals surface area contributed by atoms with Crippen LogP contribution in [0.5, 0.6) is 0 Å². The van der Waals surface area contributed by atoms with Crippen LogP contribution in [0.25, 0.3) is 0 Å². The van der Waals surface area contributed by atoms with Crippen molar-refractivity contribution in [2.24, 2.45) is 0 Å². The van der Waals surface area contributed by atoms with Gasteiger partial charge in [0.15, 0.2) is 5.78 Å². The molecule has 1 N–H and O–H groups in total. The van der Waals surface area contributed by atoms with Gasteiger partial charge in [0.25, 0.3) is 0 Å². The van der Waals surface area contributed by atoms with Gasteiger partial charge in [0.2, 0.25) is 0 Å². The molecule has 0 bridgehead atoms. The first-order valence-electron chi connectivity index (χ1n) is 7.05. The number of rotatable bonds is 6. The number of aryl methyl sites for hydroxylation is 1. The van der Waals surface area contributed by atoms with Crippen molar-refractivity contribution in [3.8, 4) is 6.07 Å². The fourth-order valence-electron chi connectivity index (χ4n) is 2.18. The number of nitrogens with zero attached hydrogens (tertiary/aromatic N) is 1. The molecular formula is C18H18N2O. The van der Waals surface area contributed by atoms with E-state index in [9.17, 15) is 4.79 Å². The van der Waals surface area contributed by atoms with E-state index in [0.29, 0.717) is 18.5 Å². The van der Waals surface area contributed by atoms with Gasteiger partial charge in [0, 0.05) is 12.1 Å². The van der Waals surface area contributed by atoms with Crippen LogP contribution in [0.15, 0.2) is 48.5 Å². The maximum Gasteiger partial charge on any atom is 0.156 e. The Bertz CT molecular complexity index is 654. The van der Waals surface area contributed by atoms with Crippen molar-refractivity contribution < 1.29 is 4.79 Å². The Morgan fingerprint density at radius 3 is 2.52 bits per heavy atom. The van der Waals surface area contributed by atoms with E-state index in [-0.39, 0.29) is 5.78 Å². The molecule has 0 spiro atoms. The molecule has 0 fully saturated rings. The van der Waals surface area contributed by atoms with Crippen LogP contribution in [-0.2, 0) is 17.6 Å². The fraction of sp³-hybridized carbons (Fsp3) is 0.222. The Morgan fingerprint density at radius 2 is 1.86 bits per heavy atom. The molecule has 0 heterocycles. The summed E-state index contributed by atoms with van der Waals surface area (Å²) in [5.41, 5.74) is 3.78. The highest BCUT2D eigenvalue weighted by Gasteiger charge is 2.05. The van der Waals surface area contributed by atoms with Crippen molar-refractivity contribution in [2.45, 2.75) is 19.8 Å². The van der Waals surface area contributed by atoms with Crippen molar-refractivity contribution in [3.63, 3.8) is 0 Å². The molecular weight excluding hydrogens is 260 g/mol. The number of hydrogen-bond acceptors (Lipinski definition) is 3. The molecule has 0 aromatic heterocycles. The number of nitriles is 1. The minimum absolute atomic E-state index is 0.130. The second-order valence-electron chi connectivity index (χ2n) is 4.89. The average Bonchev–Trinajstić information content (AvgIpc) is 2.54. The second kappa shape index (κ2) is 7.25. The number of para-hydroxylation sites is 1. The summed E-state index contributed by atoms with van der Waals surface area (Å²) < 4.78 is 0. The molecule has 2 rings (SSSR count). The number of Topliss-reactive ketones (excluding diaryl/α,β-unsaturated/α-hetero) is 1. The van der Waals surface area contributed by atoms with Crippen LogP contribution in [0.1, 0.15) is 23.6 Å². The summed E-state index contributed by atoms with van der Waals surface area (Å²) >= 11 is 0. The van der Waals surface area contributed by atoms with Crippen LogP contribution in [-0.4, -0.2) is 12.3 Å². The molecule has 106 valence electrons. The van der Waals surface area contributed by atoms with E-state index in [1.807, 2.05) is 30.3 Å². The van der Waals surface area contributed by atoms with Gasteiger partial charge in [0.1, 0.15) is 0 Å². The monoisotopic (exact) mass is 278 g/mol. The third-order valence-electron chi connectivity index (χ3n) is 3.36. The van der Waals surface area contributed by atoms with Crippen molar-refractivity contribution >= 4 is 11.5 Å². The van der Waals surface area contributed by atoms with Gasteiger partial charge in [0.05, 0.1) is 18.2 Å². The minimum atomic E-state index is 0.130. The predicted octanol–water partition coefficient (Wildman–Crippen LogP) is 3.34. The quantitative estimate of drug-likeness (QED) is 0.881. The van der Waals surface area contributed by atoms with E-state index in [4.69, 9.17) is 5.26 Å². The summed E-state index contributed by atoms with van der Waals surface area (Å²) in [4.78, 5) is 12.0. The van der Waals surface area contributed by atoms with Crippen molar-refractivity contribution in [1.29, 1.82) is 5.26 Å². The van der Waals surface area contributed by atoms with E-state index >= 15 is 0 Å². The molecule has 0 aliphatic carbocycles. The van der Waals surface area contributed by atoms with Gasteiger partial charge in [-0.05, 0) is 35.7 Å². The van der Waals surface area contributed by atoms with E-state index in [0.717, 1.165) is 17.7 Å². The molecule has 3 heteroatoms. The van der Waals surface area contributed by atoms with Crippen molar-refractivity contribution in [1.82, 2.24) is 0 Å². The SMILES string of the molecule is CCc1ccccc1NCC(=O)Cc1ccc(C#N)cc1. The van der Waals surface area contributed by atoms with Crippen molar-refractivity contribution in [2.75, 3.05) is 11.9 Å². The molecule has 2 aromatic rings. The molecule has 0 saturated carbocycles. The molecule has 0 saturated heterocycles. The van der Waals surface area contributed by atoms with E-state index in [1.54, 1.807) is 12.1 Å². The number of hydrogen-bond donors (Lipinski definition) is 1. The molecule has 0 aliphatic heterocycles. The zero-order valence-corrected chi connectivity index (χ0v) is 12.1. The summed E-state index contributed by atoms with van der Waals surface area (Å²) in [6, 6.07) is 17.2. The second-order valence-corrected chi connectivity index (χ2v) is 4.89. The van der Waals surface area contributed by atoms with Gasteiger partial charge in [-0.2, -0.15) is 5.26 Å². The van der Waals surface area contributed by atoms with Gasteiger partial charge < -0.3 is 5.32 Å². The summed E-state index contributed by atoms with van der Waals surface area (Å²) in [5, 5.41) is 11.9. The minimum Gasteiger partial charge on any atom is -0.378 e. The Morgan fingerprint density at radius 1 is 1.14 bits per heavy atom. The van der Waals surface area contributed by atoms with Gasteiger partial charge in [-0.25, -0.2) is 0 Å². The standard InChI is InChI=1S/C18H18N2O/c1-2-16-5-3-4-6-18(16)20-13-17(21)11-14-7-9-15(12-19)10-8-14/h3-10,20H,2,11,13H2,1H3. The normalized spacial score (nSPS) is 9.90. The summed E-state index contributed by atoms with van der Waals surface area (Å²) in [7, 11) is 0. The Hall–Kier alpha value is -2.60. The molecule has 0 aliphatic rings. The average molecular weight is 278 g/mol. The van der Waals surface area contributed by atoms with Crippen LogP contribution in [0.3, 0.4) is 0 Å². The van der Waals surface area contributed by atoms with Gasteiger partial charge >= 0.3 is 0 Å². The fourth-order valence-corrected chi connectivity index (χ4v) is 2.18. The van der Waals surface area contributed by atoms with E-state index in [2.05, 4.69) is 24.4 Å². The zero-order valence-electron chi connectivity index (χ0n) is 12.1. The summed E-state index contributed by atoms with van der Waals surface area (Å²) in [5.74, 6) is 0.130. The number of benzene rings is 2. The van der Waals surface area contributed by atoms with Crippen molar-refractivity contribution in [3.05, 3.63) is 65.2 Å². The highest BCUT2D eigenvalue weighted by molar-refractivity contribution is 5.85. The first kappa shape index (κ1) is 14.8. The lowest BCUT2D eigenvalue weighted by Gasteiger charge is -2.10. The molecule has 0 radical (unpaired) electrons. The van der Waals surface area contributed by atoms with Crippen LogP contribution < -0.4 is 5.32 Å². The van der Waals surface area contributed by atoms with E-state index < -0.39 is 0 Å². The highest BCUT2D eigenvalue weighted by atomic mass is 16.1. The third kappa shape index (κ3) is 4.19. The van der Waals surface area contributed by atoms with Gasteiger partial charge in [-0.15, -0.1) is 0 Å². The molecule has 21 heavy (non-hydrogen) atoms. The Balaban J connectivity index is 1.91. The maximum atomic E-state index is 12.0. The van der Waals surface area contributed by atoms with Crippen LogP contribution >= 0.6 is 0 Å². The molecule has 2 aromatic carbocycles. The van der Waals surface area contributed by atoms with Crippen LogP contribution in [0.4, 0.5) is 5.69 Å². The van der Waals surface area contributed by atoms with Gasteiger partial charge in [-0.3, -0.25) is 4.79 Å². The zero-order chi connectivity index (χ0) is 15.1. The summed E-state index contributed by atoms with van der Waals surface area (Å²) in [6.07, 6.45) is 1.32. The first-order chi connectivity index (χ1) is 10.2. The summed E-state index contributed by atoms with van der Waals surface area (Å²) in [6.45, 7) is 2.41. The van der Waals surface area contributed by atoms with Crippen LogP contribution in [0.2, 0.25) is 0 Å². The lowest BCUT2D eigenvalue weighted by atomic mass is 10.1. The maximum absolute atomic E-state index is 12.0. The smallest absolute Gasteiger partial charge is 0.156 e. The molecule has 0 amide bonds. The third-order valence-corrected chi connectivity index (χ3v) is 3.36. The van der Waals surface area contributed by atoms with E-state index in [1.165, 1.54) is 5.56 Å². The number of carbonyl (C=O) groups excluding carboxylic acids is 1. The first-order valence-corrected chi connectivity index (χ1v) is 7.05. The van der Waals surface area contributed by atoms with Gasteiger partial charge in [-0.1, -0.05) is 37.3 Å².